The van der Waals surface area contributed by atoms with Gasteiger partial charge in [0, 0.05) is 0 Å². The normalized spacial score (nSPS) is 39.2. The lowest BCUT2D eigenvalue weighted by atomic mass is 9.67. The molecule has 0 N–H and O–H groups in total. The zero-order chi connectivity index (χ0) is 9.31. The van der Waals surface area contributed by atoms with Crippen LogP contribution in [0.4, 0.5) is 0 Å². The highest BCUT2D eigenvalue weighted by atomic mass is 14.4. The SMILES string of the molecule is CC1CCC(C2(C)CCCC2)CC1. The molecule has 0 atom stereocenters. The maximum absolute atomic E-state index is 2.56. The van der Waals surface area contributed by atoms with Crippen LogP contribution in [0.1, 0.15) is 65.2 Å². The van der Waals surface area contributed by atoms with Crippen molar-refractivity contribution in [2.75, 3.05) is 0 Å². The molecule has 0 amide bonds. The Balaban J connectivity index is 1.93. The lowest BCUT2D eigenvalue weighted by Gasteiger charge is -2.38. The quantitative estimate of drug-likeness (QED) is 0.561. The maximum atomic E-state index is 2.56. The minimum Gasteiger partial charge on any atom is -0.0625 e. The molecule has 0 aromatic carbocycles. The molecule has 0 heterocycles. The van der Waals surface area contributed by atoms with E-state index in [0.29, 0.717) is 0 Å². The molecule has 2 saturated carbocycles. The lowest BCUT2D eigenvalue weighted by Crippen LogP contribution is -2.27. The summed E-state index contributed by atoms with van der Waals surface area (Å²) in [5.74, 6) is 2.09. The molecule has 0 saturated heterocycles. The van der Waals surface area contributed by atoms with E-state index in [4.69, 9.17) is 0 Å². The van der Waals surface area contributed by atoms with Crippen LogP contribution < -0.4 is 0 Å². The molecule has 2 aliphatic carbocycles. The number of rotatable bonds is 1. The van der Waals surface area contributed by atoms with Crippen molar-refractivity contribution in [1.82, 2.24) is 0 Å². The first kappa shape index (κ1) is 9.55. The van der Waals surface area contributed by atoms with E-state index < -0.39 is 0 Å². The van der Waals surface area contributed by atoms with Crippen LogP contribution in [0, 0.1) is 17.3 Å². The van der Waals surface area contributed by atoms with Gasteiger partial charge in [0.05, 0.1) is 0 Å². The fourth-order valence-corrected chi connectivity index (χ4v) is 3.55. The second-order valence-corrected chi connectivity index (χ2v) is 5.82. The predicted octanol–water partition coefficient (Wildman–Crippen LogP) is 4.39. The van der Waals surface area contributed by atoms with Crippen LogP contribution in [0.15, 0.2) is 0 Å². The smallest absolute Gasteiger partial charge is 0.0298 e. The molecule has 2 fully saturated rings. The molecule has 2 rings (SSSR count). The van der Waals surface area contributed by atoms with Crippen molar-refractivity contribution in [1.29, 1.82) is 0 Å². The Morgan fingerprint density at radius 2 is 1.46 bits per heavy atom. The van der Waals surface area contributed by atoms with Gasteiger partial charge in [0.2, 0.25) is 0 Å². The van der Waals surface area contributed by atoms with Crippen molar-refractivity contribution < 1.29 is 0 Å². The van der Waals surface area contributed by atoms with E-state index in [1.165, 1.54) is 51.4 Å². The fourth-order valence-electron chi connectivity index (χ4n) is 3.55. The topological polar surface area (TPSA) is 0 Å². The lowest BCUT2D eigenvalue weighted by molar-refractivity contribution is 0.125. The Bertz CT molecular complexity index is 157. The standard InChI is InChI=1S/C13H24/c1-11-5-7-12(8-6-11)13(2)9-3-4-10-13/h11-12H,3-10H2,1-2H3. The van der Waals surface area contributed by atoms with E-state index in [0.717, 1.165) is 17.3 Å². The zero-order valence-corrected chi connectivity index (χ0v) is 9.31. The zero-order valence-electron chi connectivity index (χ0n) is 9.31. The van der Waals surface area contributed by atoms with Gasteiger partial charge in [-0.25, -0.2) is 0 Å². The Morgan fingerprint density at radius 1 is 0.923 bits per heavy atom. The summed E-state index contributed by atoms with van der Waals surface area (Å²) in [6.07, 6.45) is 12.1. The predicted molar refractivity (Wildman–Crippen MR) is 57.7 cm³/mol. The fraction of sp³-hybridized carbons (Fsp3) is 1.00. The minimum absolute atomic E-state index is 0.750. The summed E-state index contributed by atoms with van der Waals surface area (Å²) in [5, 5.41) is 0. The first-order valence-electron chi connectivity index (χ1n) is 6.21. The average Bonchev–Trinajstić information content (AvgIpc) is 2.54. The third-order valence-electron chi connectivity index (χ3n) is 4.75. The van der Waals surface area contributed by atoms with Gasteiger partial charge in [-0.3, -0.25) is 0 Å². The van der Waals surface area contributed by atoms with Gasteiger partial charge >= 0.3 is 0 Å². The van der Waals surface area contributed by atoms with Crippen LogP contribution in [-0.2, 0) is 0 Å². The van der Waals surface area contributed by atoms with E-state index >= 15 is 0 Å². The molecular formula is C13H24. The summed E-state index contributed by atoms with van der Waals surface area (Å²) in [7, 11) is 0. The second-order valence-electron chi connectivity index (χ2n) is 5.82. The Kier molecular flexibility index (Phi) is 2.67. The molecule has 0 aliphatic heterocycles. The number of hydrogen-bond acceptors (Lipinski definition) is 0. The highest BCUT2D eigenvalue weighted by Gasteiger charge is 2.37. The molecule has 0 aromatic rings. The van der Waals surface area contributed by atoms with Gasteiger partial charge in [0.15, 0.2) is 0 Å². The summed E-state index contributed by atoms with van der Waals surface area (Å²) in [6, 6.07) is 0. The van der Waals surface area contributed by atoms with E-state index in [-0.39, 0.29) is 0 Å². The van der Waals surface area contributed by atoms with E-state index in [9.17, 15) is 0 Å². The molecule has 0 unspecified atom stereocenters. The van der Waals surface area contributed by atoms with Crippen LogP contribution in [-0.4, -0.2) is 0 Å². The van der Waals surface area contributed by atoms with Crippen molar-refractivity contribution in [3.8, 4) is 0 Å². The average molecular weight is 180 g/mol. The van der Waals surface area contributed by atoms with Gasteiger partial charge in [-0.05, 0) is 42.9 Å². The van der Waals surface area contributed by atoms with Gasteiger partial charge in [-0.15, -0.1) is 0 Å². The van der Waals surface area contributed by atoms with Crippen LogP contribution >= 0.6 is 0 Å². The first-order chi connectivity index (χ1) is 6.21. The maximum Gasteiger partial charge on any atom is -0.0298 e. The summed E-state index contributed by atoms with van der Waals surface area (Å²) >= 11 is 0. The van der Waals surface area contributed by atoms with E-state index in [1.807, 2.05) is 0 Å². The molecule has 76 valence electrons. The monoisotopic (exact) mass is 180 g/mol. The summed E-state index contributed by atoms with van der Waals surface area (Å²) in [5.41, 5.74) is 0.750. The molecule has 0 spiro atoms. The highest BCUT2D eigenvalue weighted by molar-refractivity contribution is 4.89. The van der Waals surface area contributed by atoms with Gasteiger partial charge < -0.3 is 0 Å². The molecule has 2 aliphatic rings. The van der Waals surface area contributed by atoms with Gasteiger partial charge in [0.1, 0.15) is 0 Å². The largest absolute Gasteiger partial charge is 0.0625 e. The van der Waals surface area contributed by atoms with Crippen molar-refractivity contribution in [2.45, 2.75) is 65.2 Å². The van der Waals surface area contributed by atoms with Crippen LogP contribution in [0.2, 0.25) is 0 Å². The van der Waals surface area contributed by atoms with Gasteiger partial charge in [-0.2, -0.15) is 0 Å². The minimum atomic E-state index is 0.750. The van der Waals surface area contributed by atoms with Crippen molar-refractivity contribution in [3.63, 3.8) is 0 Å². The summed E-state index contributed by atoms with van der Waals surface area (Å²) < 4.78 is 0. The Morgan fingerprint density at radius 3 is 2.00 bits per heavy atom. The molecule has 0 bridgehead atoms. The number of hydrogen-bond donors (Lipinski definition) is 0. The third-order valence-corrected chi connectivity index (χ3v) is 4.75. The molecular weight excluding hydrogens is 156 g/mol. The first-order valence-corrected chi connectivity index (χ1v) is 6.21. The molecule has 0 aromatic heterocycles. The third kappa shape index (κ3) is 1.92. The summed E-state index contributed by atoms with van der Waals surface area (Å²) in [4.78, 5) is 0. The highest BCUT2D eigenvalue weighted by Crippen LogP contribution is 2.49. The molecule has 0 heteroatoms. The molecule has 0 nitrogen and oxygen atoms in total. The Labute approximate surface area is 83.1 Å². The van der Waals surface area contributed by atoms with Crippen molar-refractivity contribution in [2.24, 2.45) is 17.3 Å². The second kappa shape index (κ2) is 3.63. The Hall–Kier alpha value is 0. The van der Waals surface area contributed by atoms with Gasteiger partial charge in [-0.1, -0.05) is 39.5 Å². The van der Waals surface area contributed by atoms with Crippen LogP contribution in [0.3, 0.4) is 0 Å². The molecule has 13 heavy (non-hydrogen) atoms. The van der Waals surface area contributed by atoms with Crippen molar-refractivity contribution in [3.05, 3.63) is 0 Å². The van der Waals surface area contributed by atoms with E-state index in [1.54, 1.807) is 0 Å². The van der Waals surface area contributed by atoms with Crippen LogP contribution in [0.25, 0.3) is 0 Å². The van der Waals surface area contributed by atoms with Gasteiger partial charge in [0.25, 0.3) is 0 Å². The van der Waals surface area contributed by atoms with E-state index in [2.05, 4.69) is 13.8 Å². The van der Waals surface area contributed by atoms with Crippen molar-refractivity contribution >= 4 is 0 Å². The summed E-state index contributed by atoms with van der Waals surface area (Å²) in [6.45, 7) is 4.98. The molecule has 0 radical (unpaired) electrons. The van der Waals surface area contributed by atoms with Crippen LogP contribution in [0.5, 0.6) is 0 Å².